The van der Waals surface area contributed by atoms with Crippen LogP contribution >= 0.6 is 0 Å². The van der Waals surface area contributed by atoms with E-state index in [4.69, 9.17) is 10.8 Å². The molecule has 1 aromatic rings. The molecule has 1 amide bonds. The number of aliphatic carboxylic acids is 1. The van der Waals surface area contributed by atoms with Crippen molar-refractivity contribution in [3.05, 3.63) is 29.6 Å². The molecule has 1 atom stereocenters. The summed E-state index contributed by atoms with van der Waals surface area (Å²) in [6, 6.07) is 4.10. The second-order valence-electron chi connectivity index (χ2n) is 4.73. The lowest BCUT2D eigenvalue weighted by atomic mass is 10.1. The van der Waals surface area contributed by atoms with Gasteiger partial charge in [-0.1, -0.05) is 0 Å². The number of anilines is 1. The van der Waals surface area contributed by atoms with E-state index < -0.39 is 17.7 Å². The van der Waals surface area contributed by atoms with Crippen molar-refractivity contribution < 1.29 is 19.1 Å². The summed E-state index contributed by atoms with van der Waals surface area (Å²) in [6.07, 6.45) is 0.820. The molecular formula is C13H15FN2O3. The topological polar surface area (TPSA) is 83.6 Å². The average molecular weight is 266 g/mol. The highest BCUT2D eigenvalue weighted by Gasteiger charge is 2.26. The van der Waals surface area contributed by atoms with Gasteiger partial charge in [-0.25, -0.2) is 4.39 Å². The monoisotopic (exact) mass is 266 g/mol. The zero-order chi connectivity index (χ0) is 14.0. The molecule has 1 aliphatic heterocycles. The van der Waals surface area contributed by atoms with Crippen molar-refractivity contribution in [2.24, 2.45) is 11.7 Å². The predicted molar refractivity (Wildman–Crippen MR) is 67.5 cm³/mol. The summed E-state index contributed by atoms with van der Waals surface area (Å²) in [5.41, 5.74) is 5.59. The number of rotatable bonds is 4. The van der Waals surface area contributed by atoms with Crippen LogP contribution in [0, 0.1) is 11.7 Å². The van der Waals surface area contributed by atoms with E-state index in [9.17, 15) is 14.0 Å². The Morgan fingerprint density at radius 1 is 1.47 bits per heavy atom. The van der Waals surface area contributed by atoms with E-state index in [1.165, 1.54) is 12.1 Å². The minimum atomic E-state index is -0.837. The number of benzene rings is 1. The van der Waals surface area contributed by atoms with Gasteiger partial charge in [-0.15, -0.1) is 0 Å². The van der Waals surface area contributed by atoms with Crippen LogP contribution in [-0.4, -0.2) is 30.1 Å². The number of hydrogen-bond acceptors (Lipinski definition) is 3. The molecule has 1 unspecified atom stereocenters. The Hall–Kier alpha value is -2.11. The SMILES string of the molecule is NC(=O)c1ccc(N2CCC(CC(=O)O)C2)c(F)c1. The zero-order valence-corrected chi connectivity index (χ0v) is 10.3. The molecule has 1 fully saturated rings. The van der Waals surface area contributed by atoms with Gasteiger partial charge in [0.15, 0.2) is 0 Å². The molecule has 1 aliphatic rings. The Bertz CT molecular complexity index is 519. The van der Waals surface area contributed by atoms with Crippen molar-refractivity contribution >= 4 is 17.6 Å². The van der Waals surface area contributed by atoms with Crippen molar-refractivity contribution in [3.8, 4) is 0 Å². The van der Waals surface area contributed by atoms with Gasteiger partial charge in [0.25, 0.3) is 0 Å². The van der Waals surface area contributed by atoms with Crippen LogP contribution in [0.25, 0.3) is 0 Å². The van der Waals surface area contributed by atoms with Crippen LogP contribution in [-0.2, 0) is 4.79 Å². The van der Waals surface area contributed by atoms with E-state index in [0.717, 1.165) is 12.5 Å². The number of carbonyl (C=O) groups excluding carboxylic acids is 1. The number of primary amides is 1. The number of nitrogens with two attached hydrogens (primary N) is 1. The van der Waals surface area contributed by atoms with Gasteiger partial charge in [-0.05, 0) is 30.5 Å². The van der Waals surface area contributed by atoms with E-state index in [2.05, 4.69) is 0 Å². The zero-order valence-electron chi connectivity index (χ0n) is 10.3. The van der Waals surface area contributed by atoms with Gasteiger partial charge in [-0.2, -0.15) is 0 Å². The summed E-state index contributed by atoms with van der Waals surface area (Å²) in [5, 5.41) is 8.74. The Morgan fingerprint density at radius 2 is 2.21 bits per heavy atom. The lowest BCUT2D eigenvalue weighted by molar-refractivity contribution is -0.137. The first-order chi connectivity index (χ1) is 8.97. The fourth-order valence-corrected chi connectivity index (χ4v) is 2.38. The maximum atomic E-state index is 13.9. The molecule has 0 saturated carbocycles. The number of carboxylic acids is 1. The van der Waals surface area contributed by atoms with Gasteiger partial charge in [0, 0.05) is 25.1 Å². The highest BCUT2D eigenvalue weighted by Crippen LogP contribution is 2.28. The van der Waals surface area contributed by atoms with Crippen molar-refractivity contribution in [2.45, 2.75) is 12.8 Å². The van der Waals surface area contributed by atoms with E-state index in [-0.39, 0.29) is 17.9 Å². The molecule has 0 radical (unpaired) electrons. The molecule has 5 nitrogen and oxygen atoms in total. The number of halogens is 1. The fourth-order valence-electron chi connectivity index (χ4n) is 2.38. The molecule has 3 N–H and O–H groups in total. The Balaban J connectivity index is 2.11. The van der Waals surface area contributed by atoms with Gasteiger partial charge in [0.1, 0.15) is 5.82 Å². The quantitative estimate of drug-likeness (QED) is 0.858. The Kier molecular flexibility index (Phi) is 3.69. The smallest absolute Gasteiger partial charge is 0.303 e. The highest BCUT2D eigenvalue weighted by molar-refractivity contribution is 5.93. The minimum Gasteiger partial charge on any atom is -0.481 e. The highest BCUT2D eigenvalue weighted by atomic mass is 19.1. The predicted octanol–water partition coefficient (Wildman–Crippen LogP) is 1.23. The first-order valence-electron chi connectivity index (χ1n) is 6.03. The maximum Gasteiger partial charge on any atom is 0.303 e. The molecule has 1 saturated heterocycles. The number of amides is 1. The average Bonchev–Trinajstić information content (AvgIpc) is 2.76. The Morgan fingerprint density at radius 3 is 2.79 bits per heavy atom. The van der Waals surface area contributed by atoms with Crippen molar-refractivity contribution in [2.75, 3.05) is 18.0 Å². The number of carboxylic acid groups (broad SMARTS) is 1. The largest absolute Gasteiger partial charge is 0.481 e. The molecule has 0 aromatic heterocycles. The maximum absolute atomic E-state index is 13.9. The number of carbonyl (C=O) groups is 2. The van der Waals surface area contributed by atoms with Crippen LogP contribution in [0.15, 0.2) is 18.2 Å². The lowest BCUT2D eigenvalue weighted by Crippen LogP contribution is -2.22. The Labute approximate surface area is 109 Å². The molecule has 2 rings (SSSR count). The summed E-state index contributed by atoms with van der Waals surface area (Å²) < 4.78 is 13.9. The van der Waals surface area contributed by atoms with Crippen LogP contribution in [0.4, 0.5) is 10.1 Å². The molecule has 6 heteroatoms. The van der Waals surface area contributed by atoms with Gasteiger partial charge < -0.3 is 15.7 Å². The van der Waals surface area contributed by atoms with E-state index in [1.54, 1.807) is 4.90 Å². The van der Waals surface area contributed by atoms with Crippen LogP contribution in [0.1, 0.15) is 23.2 Å². The second kappa shape index (κ2) is 5.26. The third kappa shape index (κ3) is 3.01. The molecule has 0 aliphatic carbocycles. The summed E-state index contributed by atoms with van der Waals surface area (Å²) >= 11 is 0. The van der Waals surface area contributed by atoms with Gasteiger partial charge in [0.05, 0.1) is 5.69 Å². The molecule has 19 heavy (non-hydrogen) atoms. The third-order valence-electron chi connectivity index (χ3n) is 3.32. The molecule has 1 heterocycles. The van der Waals surface area contributed by atoms with Crippen molar-refractivity contribution in [3.63, 3.8) is 0 Å². The van der Waals surface area contributed by atoms with Crippen LogP contribution in [0.5, 0.6) is 0 Å². The summed E-state index contributed by atoms with van der Waals surface area (Å²) in [6.45, 7) is 1.13. The van der Waals surface area contributed by atoms with Gasteiger partial charge in [-0.3, -0.25) is 9.59 Å². The summed E-state index contributed by atoms with van der Waals surface area (Å²) in [4.78, 5) is 23.4. The molecule has 1 aromatic carbocycles. The number of hydrogen-bond donors (Lipinski definition) is 2. The first-order valence-corrected chi connectivity index (χ1v) is 6.03. The van der Waals surface area contributed by atoms with Gasteiger partial charge >= 0.3 is 5.97 Å². The van der Waals surface area contributed by atoms with Gasteiger partial charge in [0.2, 0.25) is 5.91 Å². The summed E-state index contributed by atoms with van der Waals surface area (Å²) in [5.74, 6) is -1.98. The number of nitrogens with zero attached hydrogens (tertiary/aromatic N) is 1. The third-order valence-corrected chi connectivity index (χ3v) is 3.32. The lowest BCUT2D eigenvalue weighted by Gasteiger charge is -2.19. The van der Waals surface area contributed by atoms with Crippen molar-refractivity contribution in [1.29, 1.82) is 0 Å². The van der Waals surface area contributed by atoms with Crippen molar-refractivity contribution in [1.82, 2.24) is 0 Å². The van der Waals surface area contributed by atoms with E-state index in [0.29, 0.717) is 18.8 Å². The van der Waals surface area contributed by atoms with Crippen LogP contribution in [0.3, 0.4) is 0 Å². The first kappa shape index (κ1) is 13.3. The van der Waals surface area contributed by atoms with Crippen LogP contribution < -0.4 is 10.6 Å². The molecule has 0 bridgehead atoms. The molecule has 102 valence electrons. The van der Waals surface area contributed by atoms with E-state index >= 15 is 0 Å². The van der Waals surface area contributed by atoms with Crippen LogP contribution in [0.2, 0.25) is 0 Å². The minimum absolute atomic E-state index is 0.0349. The molecule has 0 spiro atoms. The standard InChI is InChI=1S/C13H15FN2O3/c14-10-6-9(13(15)19)1-2-11(10)16-4-3-8(7-16)5-12(17)18/h1-2,6,8H,3-5,7H2,(H2,15,19)(H,17,18). The van der Waals surface area contributed by atoms with E-state index in [1.807, 2.05) is 0 Å². The fraction of sp³-hybridized carbons (Fsp3) is 0.385. The second-order valence-corrected chi connectivity index (χ2v) is 4.73. The summed E-state index contributed by atoms with van der Waals surface area (Å²) in [7, 11) is 0. The molecular weight excluding hydrogens is 251 g/mol. The normalized spacial score (nSPS) is 18.6.